The van der Waals surface area contributed by atoms with Crippen LogP contribution in [0.15, 0.2) is 55.1 Å². The van der Waals surface area contributed by atoms with Gasteiger partial charge in [0.05, 0.1) is 19.0 Å². The topological polar surface area (TPSA) is 86.6 Å². The van der Waals surface area contributed by atoms with Gasteiger partial charge < -0.3 is 14.8 Å². The summed E-state index contributed by atoms with van der Waals surface area (Å²) in [5.41, 5.74) is 2.30. The van der Waals surface area contributed by atoms with E-state index in [1.807, 2.05) is 0 Å². The predicted octanol–water partition coefficient (Wildman–Crippen LogP) is 4.08. The van der Waals surface area contributed by atoms with Crippen LogP contribution >= 0.6 is 11.6 Å². The van der Waals surface area contributed by atoms with Crippen molar-refractivity contribution < 1.29 is 23.9 Å². The molecule has 1 N–H and O–H groups in total. The average molecular weight is 469 g/mol. The first-order chi connectivity index (χ1) is 15.8. The Balaban J connectivity index is 1.97. The first-order valence-corrected chi connectivity index (χ1v) is 10.7. The fourth-order valence-corrected chi connectivity index (χ4v) is 3.67. The Bertz CT molecular complexity index is 1210. The van der Waals surface area contributed by atoms with E-state index in [0.717, 1.165) is 0 Å². The number of carbonyl (C=O) groups excluding carboxylic acids is 3. The number of fused-ring (bicyclic) bond motifs is 1. The van der Waals surface area contributed by atoms with Crippen molar-refractivity contribution in [2.45, 2.75) is 26.4 Å². The number of amides is 1. The molecular weight excluding hydrogens is 444 g/mol. The quantitative estimate of drug-likeness (QED) is 0.397. The number of carbonyl (C=O) groups is 3. The lowest BCUT2D eigenvalue weighted by molar-refractivity contribution is -0.154. The molecule has 8 heteroatoms. The van der Waals surface area contributed by atoms with Gasteiger partial charge in [0, 0.05) is 28.2 Å². The van der Waals surface area contributed by atoms with Crippen molar-refractivity contribution in [2.75, 3.05) is 13.7 Å². The molecular formula is C25H25ClN2O5. The minimum atomic E-state index is -0.962. The molecule has 0 saturated carbocycles. The van der Waals surface area contributed by atoms with Gasteiger partial charge in [-0.15, -0.1) is 6.58 Å². The zero-order valence-electron chi connectivity index (χ0n) is 18.7. The largest absolute Gasteiger partial charge is 0.497 e. The van der Waals surface area contributed by atoms with Crippen molar-refractivity contribution >= 4 is 40.3 Å². The predicted molar refractivity (Wildman–Crippen MR) is 127 cm³/mol. The van der Waals surface area contributed by atoms with E-state index in [4.69, 9.17) is 21.1 Å². The molecule has 33 heavy (non-hydrogen) atoms. The standard InChI is InChI=1S/C25H25ClN2O5/c1-5-12-27-24(30)16(3)33-23(29)14-20-15(2)28(22-11-10-19(32-4)13-21(20)22)25(31)17-6-8-18(26)9-7-17/h5-11,13,16H,1,12,14H2,2-4H3,(H,27,30). The highest BCUT2D eigenvalue weighted by atomic mass is 35.5. The maximum Gasteiger partial charge on any atom is 0.311 e. The number of halogens is 1. The van der Waals surface area contributed by atoms with Gasteiger partial charge in [0.15, 0.2) is 6.10 Å². The van der Waals surface area contributed by atoms with E-state index in [1.165, 1.54) is 13.0 Å². The van der Waals surface area contributed by atoms with Crippen molar-refractivity contribution in [1.29, 1.82) is 0 Å². The van der Waals surface area contributed by atoms with Gasteiger partial charge in [0.2, 0.25) is 0 Å². The molecule has 0 radical (unpaired) electrons. The second-order valence-electron chi connectivity index (χ2n) is 7.44. The fraction of sp³-hybridized carbons (Fsp3) is 0.240. The monoisotopic (exact) mass is 468 g/mol. The minimum absolute atomic E-state index is 0.116. The third-order valence-corrected chi connectivity index (χ3v) is 5.51. The number of hydrogen-bond donors (Lipinski definition) is 1. The number of methoxy groups -OCH3 is 1. The summed E-state index contributed by atoms with van der Waals surface area (Å²) in [4.78, 5) is 38.0. The van der Waals surface area contributed by atoms with E-state index in [9.17, 15) is 14.4 Å². The number of nitrogens with zero attached hydrogens (tertiary/aromatic N) is 1. The van der Waals surface area contributed by atoms with E-state index in [1.54, 1.807) is 61.1 Å². The summed E-state index contributed by atoms with van der Waals surface area (Å²) < 4.78 is 12.2. The van der Waals surface area contributed by atoms with Crippen LogP contribution in [0, 0.1) is 6.92 Å². The number of esters is 1. The van der Waals surface area contributed by atoms with Gasteiger partial charge in [-0.05, 0) is 61.9 Å². The molecule has 0 fully saturated rings. The summed E-state index contributed by atoms with van der Waals surface area (Å²) in [7, 11) is 1.54. The SMILES string of the molecule is C=CCNC(=O)C(C)OC(=O)Cc1c(C)n(C(=O)c2ccc(Cl)cc2)c2ccc(OC)cc12. The van der Waals surface area contributed by atoms with E-state index in [0.29, 0.717) is 38.5 Å². The lowest BCUT2D eigenvalue weighted by Gasteiger charge is -2.13. The summed E-state index contributed by atoms with van der Waals surface area (Å²) in [5, 5.41) is 3.81. The Hall–Kier alpha value is -3.58. The molecule has 172 valence electrons. The van der Waals surface area contributed by atoms with Crippen LogP contribution in [0.25, 0.3) is 10.9 Å². The average Bonchev–Trinajstić information content (AvgIpc) is 3.07. The summed E-state index contributed by atoms with van der Waals surface area (Å²) in [6.45, 7) is 7.08. The molecule has 7 nitrogen and oxygen atoms in total. The van der Waals surface area contributed by atoms with E-state index >= 15 is 0 Å². The molecule has 0 spiro atoms. The van der Waals surface area contributed by atoms with Gasteiger partial charge in [0.1, 0.15) is 5.75 Å². The second kappa shape index (κ2) is 10.4. The molecule has 1 aromatic heterocycles. The van der Waals surface area contributed by atoms with Crippen molar-refractivity contribution in [2.24, 2.45) is 0 Å². The Kier molecular flexibility index (Phi) is 7.55. The Morgan fingerprint density at radius 3 is 2.52 bits per heavy atom. The third-order valence-electron chi connectivity index (χ3n) is 5.26. The van der Waals surface area contributed by atoms with Crippen LogP contribution in [0.3, 0.4) is 0 Å². The fourth-order valence-electron chi connectivity index (χ4n) is 3.55. The van der Waals surface area contributed by atoms with Crippen LogP contribution in [0.4, 0.5) is 0 Å². The molecule has 1 unspecified atom stereocenters. The molecule has 0 aliphatic carbocycles. The number of nitrogens with one attached hydrogen (secondary N) is 1. The van der Waals surface area contributed by atoms with Crippen LogP contribution < -0.4 is 10.1 Å². The summed E-state index contributed by atoms with van der Waals surface area (Å²) in [6, 6.07) is 11.9. The number of benzene rings is 2. The van der Waals surface area contributed by atoms with Gasteiger partial charge >= 0.3 is 5.97 Å². The molecule has 0 bridgehead atoms. The van der Waals surface area contributed by atoms with Crippen LogP contribution in [0.2, 0.25) is 5.02 Å². The van der Waals surface area contributed by atoms with Crippen molar-refractivity contribution in [3.8, 4) is 5.75 Å². The number of rotatable bonds is 8. The lowest BCUT2D eigenvalue weighted by atomic mass is 10.1. The molecule has 1 atom stereocenters. The molecule has 0 aliphatic heterocycles. The first kappa shape index (κ1) is 24.1. The van der Waals surface area contributed by atoms with Gasteiger partial charge in [-0.3, -0.25) is 19.0 Å². The van der Waals surface area contributed by atoms with Gasteiger partial charge in [-0.2, -0.15) is 0 Å². The first-order valence-electron chi connectivity index (χ1n) is 10.3. The van der Waals surface area contributed by atoms with Gasteiger partial charge in [0.25, 0.3) is 11.8 Å². The Morgan fingerprint density at radius 1 is 1.18 bits per heavy atom. The van der Waals surface area contributed by atoms with E-state index < -0.39 is 18.0 Å². The van der Waals surface area contributed by atoms with Crippen LogP contribution in [0.1, 0.15) is 28.5 Å². The maximum atomic E-state index is 13.3. The zero-order chi connectivity index (χ0) is 24.1. The van der Waals surface area contributed by atoms with Gasteiger partial charge in [-0.25, -0.2) is 0 Å². The van der Waals surface area contributed by atoms with E-state index in [-0.39, 0.29) is 18.9 Å². The maximum absolute atomic E-state index is 13.3. The smallest absolute Gasteiger partial charge is 0.311 e. The van der Waals surface area contributed by atoms with Crippen molar-refractivity contribution in [3.63, 3.8) is 0 Å². The number of hydrogen-bond acceptors (Lipinski definition) is 5. The molecule has 1 amide bonds. The highest BCUT2D eigenvalue weighted by Crippen LogP contribution is 2.31. The Labute approximate surface area is 196 Å². The van der Waals surface area contributed by atoms with E-state index in [2.05, 4.69) is 11.9 Å². The van der Waals surface area contributed by atoms with Crippen molar-refractivity contribution in [3.05, 3.63) is 77.0 Å². The molecule has 3 rings (SSSR count). The molecule has 0 aliphatic rings. The van der Waals surface area contributed by atoms with Crippen LogP contribution in [-0.2, 0) is 20.7 Å². The zero-order valence-corrected chi connectivity index (χ0v) is 19.4. The highest BCUT2D eigenvalue weighted by Gasteiger charge is 2.24. The Morgan fingerprint density at radius 2 is 1.88 bits per heavy atom. The summed E-state index contributed by atoms with van der Waals surface area (Å²) >= 11 is 5.96. The molecule has 1 heterocycles. The number of aromatic nitrogens is 1. The van der Waals surface area contributed by atoms with Crippen LogP contribution in [0.5, 0.6) is 5.75 Å². The highest BCUT2D eigenvalue weighted by molar-refractivity contribution is 6.30. The lowest BCUT2D eigenvalue weighted by Crippen LogP contribution is -2.36. The third kappa shape index (κ3) is 5.26. The number of ether oxygens (including phenoxy) is 2. The summed E-state index contributed by atoms with van der Waals surface area (Å²) in [6.07, 6.45) is 0.460. The summed E-state index contributed by atoms with van der Waals surface area (Å²) in [5.74, 6) is -0.663. The van der Waals surface area contributed by atoms with Gasteiger partial charge in [-0.1, -0.05) is 17.7 Å². The van der Waals surface area contributed by atoms with Crippen LogP contribution in [-0.4, -0.2) is 42.1 Å². The molecule has 3 aromatic rings. The molecule has 2 aromatic carbocycles. The molecule has 0 saturated heterocycles. The normalized spacial score (nSPS) is 11.6. The van der Waals surface area contributed by atoms with Crippen molar-refractivity contribution in [1.82, 2.24) is 9.88 Å². The second-order valence-corrected chi connectivity index (χ2v) is 7.87. The minimum Gasteiger partial charge on any atom is -0.497 e.